The van der Waals surface area contributed by atoms with Crippen LogP contribution in [0.1, 0.15) is 44.2 Å². The van der Waals surface area contributed by atoms with Crippen LogP contribution in [0.25, 0.3) is 0 Å². The number of halogens is 1. The van der Waals surface area contributed by atoms with Crippen LogP contribution >= 0.6 is 0 Å². The number of benzene rings is 1. The van der Waals surface area contributed by atoms with E-state index in [0.717, 1.165) is 24.9 Å². The molecule has 0 amide bonds. The molecule has 1 heterocycles. The van der Waals surface area contributed by atoms with Crippen molar-refractivity contribution < 1.29 is 4.39 Å². The van der Waals surface area contributed by atoms with Gasteiger partial charge < -0.3 is 10.2 Å². The van der Waals surface area contributed by atoms with Crippen molar-refractivity contribution in [1.29, 1.82) is 0 Å². The predicted octanol–water partition coefficient (Wildman–Crippen LogP) is 3.35. The summed E-state index contributed by atoms with van der Waals surface area (Å²) in [7, 11) is 0. The fourth-order valence-corrected chi connectivity index (χ4v) is 3.30. The Morgan fingerprint density at radius 1 is 1.25 bits per heavy atom. The Balaban J connectivity index is 1.49. The second-order valence-electron chi connectivity index (χ2n) is 6.30. The second-order valence-corrected chi connectivity index (χ2v) is 6.30. The van der Waals surface area contributed by atoms with Crippen molar-refractivity contribution in [3.8, 4) is 0 Å². The molecule has 0 radical (unpaired) electrons. The first-order valence-corrected chi connectivity index (χ1v) is 7.99. The molecular weight excluding hydrogens is 251 g/mol. The Labute approximate surface area is 121 Å². The lowest BCUT2D eigenvalue weighted by atomic mass is 10.0. The largest absolute Gasteiger partial charge is 0.310 e. The monoisotopic (exact) mass is 276 g/mol. The summed E-state index contributed by atoms with van der Waals surface area (Å²) in [6.45, 7) is 5.81. The highest BCUT2D eigenvalue weighted by atomic mass is 19.1. The highest BCUT2D eigenvalue weighted by molar-refractivity contribution is 5.19. The Morgan fingerprint density at radius 3 is 2.65 bits per heavy atom. The van der Waals surface area contributed by atoms with Crippen LogP contribution in [0.5, 0.6) is 0 Å². The van der Waals surface area contributed by atoms with E-state index in [1.165, 1.54) is 37.9 Å². The number of nitrogens with zero attached hydrogens (tertiary/aromatic N) is 1. The van der Waals surface area contributed by atoms with Crippen molar-refractivity contribution in [2.45, 2.75) is 44.7 Å². The van der Waals surface area contributed by atoms with Gasteiger partial charge >= 0.3 is 0 Å². The van der Waals surface area contributed by atoms with Gasteiger partial charge in [0, 0.05) is 18.6 Å². The molecule has 1 saturated heterocycles. The zero-order valence-electron chi connectivity index (χ0n) is 12.3. The summed E-state index contributed by atoms with van der Waals surface area (Å²) in [5, 5.41) is 3.68. The lowest BCUT2D eigenvalue weighted by molar-refractivity contribution is 0.309. The Morgan fingerprint density at radius 2 is 2.00 bits per heavy atom. The quantitative estimate of drug-likeness (QED) is 0.857. The smallest absolute Gasteiger partial charge is 0.123 e. The molecule has 1 aromatic rings. The van der Waals surface area contributed by atoms with Crippen molar-refractivity contribution in [3.05, 3.63) is 35.6 Å². The van der Waals surface area contributed by atoms with Gasteiger partial charge in [0.1, 0.15) is 5.82 Å². The van der Waals surface area contributed by atoms with Gasteiger partial charge in [-0.05, 0) is 62.4 Å². The summed E-state index contributed by atoms with van der Waals surface area (Å²) in [5.41, 5.74) is 1.20. The molecule has 0 bridgehead atoms. The highest BCUT2D eigenvalue weighted by Gasteiger charge is 2.34. The SMILES string of the molecule is CCC(NCC1CCN(C2CC2)C1)c1ccc(F)cc1. The number of likely N-dealkylation sites (tertiary alicyclic amines) is 1. The van der Waals surface area contributed by atoms with Gasteiger partial charge in [0.25, 0.3) is 0 Å². The summed E-state index contributed by atoms with van der Waals surface area (Å²) >= 11 is 0. The maximum atomic E-state index is 13.0. The lowest BCUT2D eigenvalue weighted by Gasteiger charge is -2.20. The first-order valence-electron chi connectivity index (χ1n) is 7.99. The molecule has 2 fully saturated rings. The van der Waals surface area contributed by atoms with Crippen LogP contribution in [-0.2, 0) is 0 Å². The van der Waals surface area contributed by atoms with E-state index in [1.54, 1.807) is 12.1 Å². The second kappa shape index (κ2) is 6.23. The number of nitrogens with one attached hydrogen (secondary N) is 1. The standard InChI is InChI=1S/C17H25FN2/c1-2-17(14-3-5-15(18)6-4-14)19-11-13-9-10-20(12-13)16-7-8-16/h3-6,13,16-17,19H,2,7-12H2,1H3. The minimum absolute atomic E-state index is 0.153. The van der Waals surface area contributed by atoms with E-state index < -0.39 is 0 Å². The summed E-state index contributed by atoms with van der Waals surface area (Å²) in [4.78, 5) is 2.66. The van der Waals surface area contributed by atoms with Gasteiger partial charge in [0.2, 0.25) is 0 Å². The lowest BCUT2D eigenvalue weighted by Crippen LogP contribution is -2.30. The van der Waals surface area contributed by atoms with Crippen LogP contribution in [-0.4, -0.2) is 30.6 Å². The van der Waals surface area contributed by atoms with Gasteiger partial charge in [-0.2, -0.15) is 0 Å². The van der Waals surface area contributed by atoms with E-state index in [2.05, 4.69) is 17.1 Å². The van der Waals surface area contributed by atoms with E-state index in [-0.39, 0.29) is 5.82 Å². The predicted molar refractivity (Wildman–Crippen MR) is 80.1 cm³/mol. The fraction of sp³-hybridized carbons (Fsp3) is 0.647. The molecule has 20 heavy (non-hydrogen) atoms. The summed E-state index contributed by atoms with van der Waals surface area (Å²) in [5.74, 6) is 0.629. The zero-order chi connectivity index (χ0) is 13.9. The van der Waals surface area contributed by atoms with Gasteiger partial charge in [-0.1, -0.05) is 19.1 Å². The van der Waals surface area contributed by atoms with Crippen LogP contribution in [0, 0.1) is 11.7 Å². The molecule has 2 aliphatic rings. The van der Waals surface area contributed by atoms with Gasteiger partial charge in [0.15, 0.2) is 0 Å². The first-order chi connectivity index (χ1) is 9.76. The molecule has 1 aliphatic carbocycles. The normalized spacial score (nSPS) is 25.0. The van der Waals surface area contributed by atoms with Crippen LogP contribution in [0.2, 0.25) is 0 Å². The summed E-state index contributed by atoms with van der Waals surface area (Å²) in [6.07, 6.45) is 5.19. The number of hydrogen-bond donors (Lipinski definition) is 1. The molecule has 2 nitrogen and oxygen atoms in total. The van der Waals surface area contributed by atoms with E-state index in [4.69, 9.17) is 0 Å². The Bertz CT molecular complexity index is 427. The molecule has 3 heteroatoms. The van der Waals surface area contributed by atoms with Gasteiger partial charge in [-0.15, -0.1) is 0 Å². The van der Waals surface area contributed by atoms with E-state index in [9.17, 15) is 4.39 Å². The minimum atomic E-state index is -0.153. The van der Waals surface area contributed by atoms with Crippen molar-refractivity contribution in [2.75, 3.05) is 19.6 Å². The van der Waals surface area contributed by atoms with Crippen LogP contribution in [0.4, 0.5) is 4.39 Å². The molecule has 0 aromatic heterocycles. The molecule has 1 saturated carbocycles. The third kappa shape index (κ3) is 3.39. The first kappa shape index (κ1) is 14.0. The molecule has 3 rings (SSSR count). The topological polar surface area (TPSA) is 15.3 Å². The maximum Gasteiger partial charge on any atom is 0.123 e. The summed E-state index contributed by atoms with van der Waals surface area (Å²) in [6, 6.07) is 8.18. The molecule has 1 aliphatic heterocycles. The molecule has 2 unspecified atom stereocenters. The molecule has 1 N–H and O–H groups in total. The van der Waals surface area contributed by atoms with Crippen molar-refractivity contribution in [1.82, 2.24) is 10.2 Å². The molecule has 110 valence electrons. The minimum Gasteiger partial charge on any atom is -0.310 e. The molecular formula is C17H25FN2. The van der Waals surface area contributed by atoms with Crippen molar-refractivity contribution in [2.24, 2.45) is 5.92 Å². The average molecular weight is 276 g/mol. The van der Waals surface area contributed by atoms with Crippen LogP contribution in [0.15, 0.2) is 24.3 Å². The zero-order valence-corrected chi connectivity index (χ0v) is 12.3. The Hall–Kier alpha value is -0.930. The van der Waals surface area contributed by atoms with E-state index in [1.807, 2.05) is 12.1 Å². The third-order valence-corrected chi connectivity index (χ3v) is 4.71. The molecule has 1 aromatic carbocycles. The third-order valence-electron chi connectivity index (χ3n) is 4.71. The van der Waals surface area contributed by atoms with Gasteiger partial charge in [0.05, 0.1) is 0 Å². The van der Waals surface area contributed by atoms with Crippen molar-refractivity contribution >= 4 is 0 Å². The fourth-order valence-electron chi connectivity index (χ4n) is 3.30. The molecule has 2 atom stereocenters. The van der Waals surface area contributed by atoms with Gasteiger partial charge in [-0.25, -0.2) is 4.39 Å². The maximum absolute atomic E-state index is 13.0. The molecule has 0 spiro atoms. The average Bonchev–Trinajstić information content (AvgIpc) is 3.21. The van der Waals surface area contributed by atoms with Gasteiger partial charge in [-0.3, -0.25) is 0 Å². The van der Waals surface area contributed by atoms with E-state index >= 15 is 0 Å². The Kier molecular flexibility index (Phi) is 4.37. The highest BCUT2D eigenvalue weighted by Crippen LogP contribution is 2.31. The van der Waals surface area contributed by atoms with Crippen molar-refractivity contribution in [3.63, 3.8) is 0 Å². The van der Waals surface area contributed by atoms with E-state index in [0.29, 0.717) is 6.04 Å². The number of rotatable bonds is 6. The number of hydrogen-bond acceptors (Lipinski definition) is 2. The van der Waals surface area contributed by atoms with Crippen LogP contribution in [0.3, 0.4) is 0 Å². The van der Waals surface area contributed by atoms with Crippen LogP contribution < -0.4 is 5.32 Å². The summed E-state index contributed by atoms with van der Waals surface area (Å²) < 4.78 is 13.0.